The van der Waals surface area contributed by atoms with Crippen molar-refractivity contribution in [2.45, 2.75) is 13.3 Å². The molecule has 0 bridgehead atoms. The molecule has 0 N–H and O–H groups in total. The average molecular weight is 205 g/mol. The van der Waals surface area contributed by atoms with E-state index in [1.165, 1.54) is 6.92 Å². The number of hydrogen-bond acceptors (Lipinski definition) is 3. The lowest BCUT2D eigenvalue weighted by molar-refractivity contribution is 0.101. The van der Waals surface area contributed by atoms with Gasteiger partial charge in [0.2, 0.25) is 0 Å². The Hall–Kier alpha value is -1.27. The zero-order valence-corrected chi connectivity index (χ0v) is 8.84. The summed E-state index contributed by atoms with van der Waals surface area (Å²) >= 11 is 4.04. The number of nitrogens with zero attached hydrogens (tertiary/aromatic N) is 1. The third-order valence-corrected chi connectivity index (χ3v) is 1.85. The number of carbonyl (C=O) groups excluding carboxylic acids is 1. The van der Waals surface area contributed by atoms with Crippen LogP contribution in [-0.4, -0.2) is 16.5 Å². The van der Waals surface area contributed by atoms with E-state index in [0.29, 0.717) is 11.3 Å². The van der Waals surface area contributed by atoms with Crippen molar-refractivity contribution in [3.05, 3.63) is 29.6 Å². The van der Waals surface area contributed by atoms with Crippen molar-refractivity contribution < 1.29 is 4.79 Å². The molecule has 0 aromatic carbocycles. The summed E-state index contributed by atoms with van der Waals surface area (Å²) in [5.74, 6) is 6.59. The standard InChI is InChI=1S/C11H11NOS/c1-9(13)10-5-6-11(12-8-10)4-2-3-7-14/h5-6,8,14H,3,7H2,1H3. The Balaban J connectivity index is 2.75. The van der Waals surface area contributed by atoms with E-state index in [1.54, 1.807) is 18.3 Å². The van der Waals surface area contributed by atoms with Crippen LogP contribution in [0.2, 0.25) is 0 Å². The largest absolute Gasteiger partial charge is 0.294 e. The minimum Gasteiger partial charge on any atom is -0.294 e. The van der Waals surface area contributed by atoms with Crippen LogP contribution in [0.1, 0.15) is 29.4 Å². The molecule has 0 saturated carbocycles. The minimum atomic E-state index is 0.0207. The van der Waals surface area contributed by atoms with Crippen molar-refractivity contribution in [1.82, 2.24) is 4.98 Å². The van der Waals surface area contributed by atoms with Gasteiger partial charge in [0.05, 0.1) is 0 Å². The van der Waals surface area contributed by atoms with Crippen molar-refractivity contribution in [3.63, 3.8) is 0 Å². The lowest BCUT2D eigenvalue weighted by Crippen LogP contribution is -1.93. The van der Waals surface area contributed by atoms with E-state index in [1.807, 2.05) is 0 Å². The van der Waals surface area contributed by atoms with Crippen LogP contribution in [0.4, 0.5) is 0 Å². The Kier molecular flexibility index (Phi) is 4.21. The maximum absolute atomic E-state index is 10.9. The van der Waals surface area contributed by atoms with Crippen molar-refractivity contribution in [2.75, 3.05) is 5.75 Å². The quantitative estimate of drug-likeness (QED) is 0.454. The summed E-state index contributed by atoms with van der Waals surface area (Å²) in [7, 11) is 0. The molecule has 2 nitrogen and oxygen atoms in total. The van der Waals surface area contributed by atoms with Gasteiger partial charge in [-0.2, -0.15) is 12.6 Å². The molecule has 0 spiro atoms. The van der Waals surface area contributed by atoms with Crippen molar-refractivity contribution in [3.8, 4) is 11.8 Å². The molecule has 72 valence electrons. The number of pyridine rings is 1. The first-order valence-corrected chi connectivity index (χ1v) is 4.94. The first-order chi connectivity index (χ1) is 6.74. The lowest BCUT2D eigenvalue weighted by atomic mass is 10.2. The van der Waals surface area contributed by atoms with Gasteiger partial charge in [-0.05, 0) is 25.0 Å². The molecule has 1 rings (SSSR count). The highest BCUT2D eigenvalue weighted by molar-refractivity contribution is 7.80. The van der Waals surface area contributed by atoms with Crippen LogP contribution in [-0.2, 0) is 0 Å². The molecule has 0 aliphatic carbocycles. The molecule has 1 aromatic rings. The van der Waals surface area contributed by atoms with Crippen LogP contribution < -0.4 is 0 Å². The number of ketones is 1. The van der Waals surface area contributed by atoms with Crippen molar-refractivity contribution in [2.24, 2.45) is 0 Å². The summed E-state index contributed by atoms with van der Waals surface area (Å²) in [6.07, 6.45) is 2.30. The second kappa shape index (κ2) is 5.46. The van der Waals surface area contributed by atoms with E-state index >= 15 is 0 Å². The number of hydrogen-bond donors (Lipinski definition) is 1. The molecule has 0 aliphatic heterocycles. The topological polar surface area (TPSA) is 30.0 Å². The van der Waals surface area contributed by atoms with Crippen LogP contribution in [0, 0.1) is 11.8 Å². The SMILES string of the molecule is CC(=O)c1ccc(C#CCCS)nc1. The van der Waals surface area contributed by atoms with Gasteiger partial charge >= 0.3 is 0 Å². The summed E-state index contributed by atoms with van der Waals surface area (Å²) in [6, 6.07) is 3.49. The Bertz CT molecular complexity index is 373. The summed E-state index contributed by atoms with van der Waals surface area (Å²) in [5, 5.41) is 0. The molecule has 0 amide bonds. The zero-order chi connectivity index (χ0) is 10.4. The molecule has 0 radical (unpaired) electrons. The number of aromatic nitrogens is 1. The van der Waals surface area contributed by atoms with Gasteiger partial charge < -0.3 is 0 Å². The molecule has 0 unspecified atom stereocenters. The molecule has 14 heavy (non-hydrogen) atoms. The van der Waals surface area contributed by atoms with Crippen LogP contribution in [0.25, 0.3) is 0 Å². The van der Waals surface area contributed by atoms with Gasteiger partial charge in [-0.3, -0.25) is 4.79 Å². The summed E-state index contributed by atoms with van der Waals surface area (Å²) in [6.45, 7) is 1.52. The number of thiol groups is 1. The average Bonchev–Trinajstić information content (AvgIpc) is 2.19. The van der Waals surface area contributed by atoms with Crippen molar-refractivity contribution >= 4 is 18.4 Å². The predicted octanol–water partition coefficient (Wildman–Crippen LogP) is 1.96. The Morgan fingerprint density at radius 2 is 2.36 bits per heavy atom. The monoisotopic (exact) mass is 205 g/mol. The number of rotatable bonds is 2. The number of carbonyl (C=O) groups is 1. The second-order valence-corrected chi connectivity index (χ2v) is 3.21. The summed E-state index contributed by atoms with van der Waals surface area (Å²) in [5.41, 5.74) is 1.31. The van der Waals surface area contributed by atoms with Gasteiger partial charge in [0.15, 0.2) is 5.78 Å². The van der Waals surface area contributed by atoms with Gasteiger partial charge in [-0.1, -0.05) is 5.92 Å². The van der Waals surface area contributed by atoms with Crippen LogP contribution in [0.3, 0.4) is 0 Å². The fourth-order valence-electron chi connectivity index (χ4n) is 0.885. The Labute approximate surface area is 89.2 Å². The Morgan fingerprint density at radius 3 is 2.86 bits per heavy atom. The van der Waals surface area contributed by atoms with Gasteiger partial charge in [0.25, 0.3) is 0 Å². The van der Waals surface area contributed by atoms with Gasteiger partial charge in [0.1, 0.15) is 5.69 Å². The van der Waals surface area contributed by atoms with Gasteiger partial charge in [-0.25, -0.2) is 4.98 Å². The summed E-state index contributed by atoms with van der Waals surface area (Å²) < 4.78 is 0. The normalized spacial score (nSPS) is 9.00. The third kappa shape index (κ3) is 3.23. The molecule has 0 saturated heterocycles. The third-order valence-electron chi connectivity index (χ3n) is 1.62. The molecular weight excluding hydrogens is 194 g/mol. The van der Waals surface area contributed by atoms with Crippen molar-refractivity contribution in [1.29, 1.82) is 0 Å². The summed E-state index contributed by atoms with van der Waals surface area (Å²) in [4.78, 5) is 15.0. The molecule has 0 aliphatic rings. The van der Waals surface area contributed by atoms with E-state index in [0.717, 1.165) is 12.2 Å². The lowest BCUT2D eigenvalue weighted by Gasteiger charge is -1.93. The molecule has 0 atom stereocenters. The Morgan fingerprint density at radius 1 is 1.57 bits per heavy atom. The highest BCUT2D eigenvalue weighted by Crippen LogP contribution is 1.99. The first-order valence-electron chi connectivity index (χ1n) is 4.31. The molecular formula is C11H11NOS. The van der Waals surface area contributed by atoms with E-state index < -0.39 is 0 Å². The van der Waals surface area contributed by atoms with E-state index in [-0.39, 0.29) is 5.78 Å². The highest BCUT2D eigenvalue weighted by atomic mass is 32.1. The first kappa shape index (κ1) is 10.8. The van der Waals surface area contributed by atoms with E-state index in [9.17, 15) is 4.79 Å². The molecule has 1 aromatic heterocycles. The maximum atomic E-state index is 10.9. The fourth-order valence-corrected chi connectivity index (χ4v) is 0.997. The molecule has 0 fully saturated rings. The van der Waals surface area contributed by atoms with Crippen LogP contribution in [0.5, 0.6) is 0 Å². The second-order valence-electron chi connectivity index (χ2n) is 2.76. The van der Waals surface area contributed by atoms with Gasteiger partial charge in [0, 0.05) is 23.9 Å². The molecule has 3 heteroatoms. The van der Waals surface area contributed by atoms with E-state index in [2.05, 4.69) is 29.5 Å². The van der Waals surface area contributed by atoms with Crippen LogP contribution in [0.15, 0.2) is 18.3 Å². The molecule has 1 heterocycles. The fraction of sp³-hybridized carbons (Fsp3) is 0.273. The minimum absolute atomic E-state index is 0.0207. The maximum Gasteiger partial charge on any atom is 0.161 e. The van der Waals surface area contributed by atoms with Gasteiger partial charge in [-0.15, -0.1) is 0 Å². The smallest absolute Gasteiger partial charge is 0.161 e. The van der Waals surface area contributed by atoms with Crippen LogP contribution >= 0.6 is 12.6 Å². The predicted molar refractivity (Wildman–Crippen MR) is 59.6 cm³/mol. The highest BCUT2D eigenvalue weighted by Gasteiger charge is 1.97. The number of Topliss-reactive ketones (excluding diaryl/α,β-unsaturated/α-hetero) is 1. The zero-order valence-electron chi connectivity index (χ0n) is 7.95. The van der Waals surface area contributed by atoms with E-state index in [4.69, 9.17) is 0 Å².